The number of hydrogen-bond donors (Lipinski definition) is 1. The number of benzene rings is 1. The van der Waals surface area contributed by atoms with E-state index in [0.29, 0.717) is 11.7 Å². The van der Waals surface area contributed by atoms with E-state index in [0.717, 1.165) is 13.1 Å². The van der Waals surface area contributed by atoms with Crippen molar-refractivity contribution in [1.29, 1.82) is 0 Å². The van der Waals surface area contributed by atoms with Gasteiger partial charge in [0, 0.05) is 12.4 Å². The van der Waals surface area contributed by atoms with Crippen LogP contribution in [-0.2, 0) is 9.31 Å². The second-order valence-electron chi connectivity index (χ2n) is 6.96. The third kappa shape index (κ3) is 3.00. The highest BCUT2D eigenvalue weighted by molar-refractivity contribution is 6.48. The van der Waals surface area contributed by atoms with E-state index in [-0.39, 0.29) is 30.7 Å². The Morgan fingerprint density at radius 2 is 1.57 bits per heavy atom. The van der Waals surface area contributed by atoms with Crippen molar-refractivity contribution in [3.05, 3.63) is 35.9 Å². The zero-order valence-electron chi connectivity index (χ0n) is 13.3. The molecule has 2 heterocycles. The number of nitrogens with one attached hydrogen (secondary N) is 1. The molecule has 0 radical (unpaired) electrons. The van der Waals surface area contributed by atoms with Crippen LogP contribution in [0, 0.1) is 0 Å². The Balaban J connectivity index is 0.00000161. The molecule has 0 aliphatic carbocycles. The summed E-state index contributed by atoms with van der Waals surface area (Å²) in [5.74, 6) is 0.837. The zero-order valence-corrected chi connectivity index (χ0v) is 14.1. The molecule has 0 spiro atoms. The molecule has 2 aliphatic rings. The van der Waals surface area contributed by atoms with Gasteiger partial charge in [-0.3, -0.25) is 0 Å². The summed E-state index contributed by atoms with van der Waals surface area (Å²) >= 11 is 0. The van der Waals surface area contributed by atoms with Crippen molar-refractivity contribution in [3.8, 4) is 0 Å². The van der Waals surface area contributed by atoms with Gasteiger partial charge >= 0.3 is 7.12 Å². The number of rotatable bonds is 2. The van der Waals surface area contributed by atoms with E-state index in [1.165, 1.54) is 5.56 Å². The normalized spacial score (nSPS) is 30.2. The predicted molar refractivity (Wildman–Crippen MR) is 89.1 cm³/mol. The third-order valence-corrected chi connectivity index (χ3v) is 5.11. The molecule has 2 aliphatic heterocycles. The van der Waals surface area contributed by atoms with E-state index in [2.05, 4.69) is 63.3 Å². The molecular weight excluding hydrogens is 284 g/mol. The van der Waals surface area contributed by atoms with Gasteiger partial charge in [-0.1, -0.05) is 30.3 Å². The molecule has 2 fully saturated rings. The minimum atomic E-state index is -0.249. The van der Waals surface area contributed by atoms with Gasteiger partial charge in [-0.15, -0.1) is 12.4 Å². The van der Waals surface area contributed by atoms with Crippen molar-refractivity contribution in [1.82, 2.24) is 5.32 Å². The maximum atomic E-state index is 6.24. The SMILES string of the molecule is CC1(C)OB([C@@H]2CNC[C@H]2c2ccccc2)OC1(C)C.Cl. The molecule has 0 saturated carbocycles. The second-order valence-corrected chi connectivity index (χ2v) is 6.96. The number of halogens is 1. The lowest BCUT2D eigenvalue weighted by atomic mass is 9.65. The maximum absolute atomic E-state index is 6.24. The van der Waals surface area contributed by atoms with E-state index in [1.807, 2.05) is 0 Å². The Kier molecular flexibility index (Phi) is 4.74. The molecule has 0 bridgehead atoms. The van der Waals surface area contributed by atoms with Gasteiger partial charge in [-0.25, -0.2) is 0 Å². The summed E-state index contributed by atoms with van der Waals surface area (Å²) in [5.41, 5.74) is 0.875. The lowest BCUT2D eigenvalue weighted by Crippen LogP contribution is -2.41. The van der Waals surface area contributed by atoms with Crippen LogP contribution in [-0.4, -0.2) is 31.4 Å². The van der Waals surface area contributed by atoms with Crippen molar-refractivity contribution in [2.24, 2.45) is 0 Å². The lowest BCUT2D eigenvalue weighted by molar-refractivity contribution is 0.00578. The third-order valence-electron chi connectivity index (χ3n) is 5.11. The molecule has 1 aromatic carbocycles. The van der Waals surface area contributed by atoms with Crippen molar-refractivity contribution >= 4 is 19.5 Å². The first-order valence-corrected chi connectivity index (χ1v) is 7.52. The fourth-order valence-electron chi connectivity index (χ4n) is 3.11. The molecule has 3 nitrogen and oxygen atoms in total. The first kappa shape index (κ1) is 16.8. The molecule has 0 amide bonds. The smallest absolute Gasteiger partial charge is 0.403 e. The van der Waals surface area contributed by atoms with Crippen molar-refractivity contribution in [3.63, 3.8) is 0 Å². The van der Waals surface area contributed by atoms with Crippen LogP contribution < -0.4 is 5.32 Å². The van der Waals surface area contributed by atoms with Crippen LogP contribution in [0.15, 0.2) is 30.3 Å². The van der Waals surface area contributed by atoms with Crippen LogP contribution in [0.4, 0.5) is 0 Å². The van der Waals surface area contributed by atoms with Crippen molar-refractivity contribution in [2.75, 3.05) is 13.1 Å². The van der Waals surface area contributed by atoms with E-state index in [1.54, 1.807) is 0 Å². The second kappa shape index (κ2) is 5.92. The van der Waals surface area contributed by atoms with E-state index in [9.17, 15) is 0 Å². The topological polar surface area (TPSA) is 30.5 Å². The Morgan fingerprint density at radius 3 is 2.14 bits per heavy atom. The maximum Gasteiger partial charge on any atom is 0.463 e. The summed E-state index contributed by atoms with van der Waals surface area (Å²) in [6, 6.07) is 10.7. The van der Waals surface area contributed by atoms with E-state index in [4.69, 9.17) is 9.31 Å². The largest absolute Gasteiger partial charge is 0.463 e. The van der Waals surface area contributed by atoms with Crippen LogP contribution >= 0.6 is 12.4 Å². The summed E-state index contributed by atoms with van der Waals surface area (Å²) in [6.07, 6.45) is 0. The van der Waals surface area contributed by atoms with Gasteiger partial charge in [0.2, 0.25) is 0 Å². The van der Waals surface area contributed by atoms with Crippen LogP contribution in [0.25, 0.3) is 0 Å². The highest BCUT2D eigenvalue weighted by Crippen LogP contribution is 2.45. The minimum absolute atomic E-state index is 0. The van der Waals surface area contributed by atoms with Crippen LogP contribution in [0.5, 0.6) is 0 Å². The van der Waals surface area contributed by atoms with Gasteiger partial charge in [-0.05, 0) is 45.7 Å². The summed E-state index contributed by atoms with van der Waals surface area (Å²) in [7, 11) is -0.125. The molecule has 1 N–H and O–H groups in total. The Bertz CT molecular complexity index is 464. The highest BCUT2D eigenvalue weighted by atomic mass is 35.5. The molecule has 3 rings (SSSR count). The predicted octanol–water partition coefficient (Wildman–Crippen LogP) is 3.26. The molecular formula is C16H25BClNO2. The van der Waals surface area contributed by atoms with Crippen molar-refractivity contribution < 1.29 is 9.31 Å². The van der Waals surface area contributed by atoms with Crippen LogP contribution in [0.3, 0.4) is 0 Å². The molecule has 116 valence electrons. The molecule has 5 heteroatoms. The molecule has 0 unspecified atom stereocenters. The van der Waals surface area contributed by atoms with Gasteiger partial charge < -0.3 is 14.6 Å². The van der Waals surface area contributed by atoms with Gasteiger partial charge in [0.25, 0.3) is 0 Å². The Labute approximate surface area is 134 Å². The van der Waals surface area contributed by atoms with Crippen LogP contribution in [0.2, 0.25) is 5.82 Å². The summed E-state index contributed by atoms with van der Waals surface area (Å²) in [5, 5.41) is 3.49. The molecule has 0 aromatic heterocycles. The van der Waals surface area contributed by atoms with Gasteiger partial charge in [0.05, 0.1) is 11.2 Å². The van der Waals surface area contributed by atoms with Gasteiger partial charge in [-0.2, -0.15) is 0 Å². The zero-order chi connectivity index (χ0) is 14.4. The van der Waals surface area contributed by atoms with E-state index >= 15 is 0 Å². The Morgan fingerprint density at radius 1 is 1.00 bits per heavy atom. The highest BCUT2D eigenvalue weighted by Gasteiger charge is 2.55. The minimum Gasteiger partial charge on any atom is -0.403 e. The summed E-state index contributed by atoms with van der Waals surface area (Å²) in [4.78, 5) is 0. The molecule has 2 saturated heterocycles. The first-order valence-electron chi connectivity index (χ1n) is 7.52. The molecule has 21 heavy (non-hydrogen) atoms. The fourth-order valence-corrected chi connectivity index (χ4v) is 3.11. The first-order chi connectivity index (χ1) is 9.41. The lowest BCUT2D eigenvalue weighted by Gasteiger charge is -2.32. The average molecular weight is 310 g/mol. The Hall–Kier alpha value is -0.545. The molecule has 1 aromatic rings. The fraction of sp³-hybridized carbons (Fsp3) is 0.625. The van der Waals surface area contributed by atoms with Crippen LogP contribution in [0.1, 0.15) is 39.2 Å². The van der Waals surface area contributed by atoms with E-state index < -0.39 is 0 Å². The molecule has 2 atom stereocenters. The monoisotopic (exact) mass is 309 g/mol. The quantitative estimate of drug-likeness (QED) is 0.851. The summed E-state index contributed by atoms with van der Waals surface area (Å²) in [6.45, 7) is 10.4. The van der Waals surface area contributed by atoms with Gasteiger partial charge in [0.15, 0.2) is 0 Å². The standard InChI is InChI=1S/C16H24BNO2.ClH/c1-15(2)16(3,4)20-17(19-15)14-11-18-10-13(14)12-8-6-5-7-9-12;/h5-9,13-14,18H,10-11H2,1-4H3;1H/t13-,14+;/m0./s1. The summed E-state index contributed by atoms with van der Waals surface area (Å²) < 4.78 is 12.5. The number of hydrogen-bond acceptors (Lipinski definition) is 3. The van der Waals surface area contributed by atoms with Crippen molar-refractivity contribution in [2.45, 2.75) is 50.6 Å². The average Bonchev–Trinajstić information content (AvgIpc) is 2.94. The van der Waals surface area contributed by atoms with Gasteiger partial charge in [0.1, 0.15) is 0 Å².